The molecule has 0 saturated carbocycles. The van der Waals surface area contributed by atoms with Crippen LogP contribution in [0.1, 0.15) is 15.9 Å². The fraction of sp³-hybridized carbons (Fsp3) is 0.0714. The predicted octanol–water partition coefficient (Wildman–Crippen LogP) is 5.97. The maximum Gasteiger partial charge on any atom is 0.255 e. The summed E-state index contributed by atoms with van der Waals surface area (Å²) in [5.41, 5.74) is 1.99. The third-order valence-electron chi connectivity index (χ3n) is 2.69. The molecule has 2 nitrogen and oxygen atoms in total. The number of amides is 1. The number of hydrogen-bond donors (Lipinski definition) is 1. The molecular weight excluding hydrogens is 384 g/mol. The van der Waals surface area contributed by atoms with Crippen LogP contribution in [0, 0.1) is 6.92 Å². The van der Waals surface area contributed by atoms with Crippen molar-refractivity contribution in [1.29, 1.82) is 0 Å². The number of carbonyl (C=O) groups is 1. The van der Waals surface area contributed by atoms with Gasteiger partial charge < -0.3 is 5.32 Å². The molecule has 0 aliphatic carbocycles. The van der Waals surface area contributed by atoms with E-state index in [1.54, 1.807) is 12.1 Å². The van der Waals surface area contributed by atoms with Gasteiger partial charge in [0.2, 0.25) is 0 Å². The molecule has 0 bridgehead atoms. The molecule has 0 spiro atoms. The van der Waals surface area contributed by atoms with Gasteiger partial charge in [-0.25, -0.2) is 0 Å². The monoisotopic (exact) mass is 391 g/mol. The molecule has 6 heteroatoms. The maximum absolute atomic E-state index is 12.2. The molecular formula is C14H9BrCl3NO. The van der Waals surface area contributed by atoms with E-state index in [4.69, 9.17) is 34.8 Å². The van der Waals surface area contributed by atoms with Crippen molar-refractivity contribution < 1.29 is 4.79 Å². The third-order valence-corrected chi connectivity index (χ3v) is 4.58. The van der Waals surface area contributed by atoms with Crippen molar-refractivity contribution in [2.45, 2.75) is 6.92 Å². The first kappa shape index (κ1) is 15.6. The summed E-state index contributed by atoms with van der Waals surface area (Å²) in [6.07, 6.45) is 0. The molecule has 2 aromatic rings. The van der Waals surface area contributed by atoms with Gasteiger partial charge in [-0.3, -0.25) is 4.79 Å². The number of carbonyl (C=O) groups excluding carboxylic acids is 1. The molecule has 1 amide bonds. The van der Waals surface area contributed by atoms with E-state index in [1.165, 1.54) is 12.1 Å². The van der Waals surface area contributed by atoms with E-state index in [0.29, 0.717) is 26.3 Å². The van der Waals surface area contributed by atoms with Gasteiger partial charge in [0.15, 0.2) is 0 Å². The van der Waals surface area contributed by atoms with Gasteiger partial charge in [-0.1, -0.05) is 56.8 Å². The zero-order valence-electron chi connectivity index (χ0n) is 10.3. The highest BCUT2D eigenvalue weighted by Crippen LogP contribution is 2.32. The molecule has 0 aliphatic heterocycles. The highest BCUT2D eigenvalue weighted by Gasteiger charge is 2.11. The van der Waals surface area contributed by atoms with E-state index < -0.39 is 0 Å². The summed E-state index contributed by atoms with van der Waals surface area (Å²) in [6, 6.07) is 8.35. The average molecular weight is 393 g/mol. The zero-order valence-corrected chi connectivity index (χ0v) is 14.2. The average Bonchev–Trinajstić information content (AvgIpc) is 2.39. The zero-order chi connectivity index (χ0) is 14.9. The summed E-state index contributed by atoms with van der Waals surface area (Å²) in [7, 11) is 0. The Bertz CT molecular complexity index is 688. The summed E-state index contributed by atoms with van der Waals surface area (Å²) in [5, 5.41) is 3.71. The first-order valence-corrected chi connectivity index (χ1v) is 7.53. The van der Waals surface area contributed by atoms with Crippen LogP contribution in [0.15, 0.2) is 34.8 Å². The quantitative estimate of drug-likeness (QED) is 0.626. The smallest absolute Gasteiger partial charge is 0.255 e. The standard InChI is InChI=1S/C14H9BrCl3NO/c1-7-2-3-8(4-9(7)15)14(20)19-13-6-11(17)10(16)5-12(13)18/h2-6H,1H3,(H,19,20). The molecule has 0 heterocycles. The molecule has 0 aromatic heterocycles. The van der Waals surface area contributed by atoms with E-state index in [2.05, 4.69) is 21.2 Å². The molecule has 0 atom stereocenters. The third kappa shape index (κ3) is 3.47. The Hall–Kier alpha value is -0.740. The van der Waals surface area contributed by atoms with E-state index in [9.17, 15) is 4.79 Å². The molecule has 0 fully saturated rings. The number of hydrogen-bond acceptors (Lipinski definition) is 1. The molecule has 0 unspecified atom stereocenters. The molecule has 0 radical (unpaired) electrons. The van der Waals surface area contributed by atoms with Gasteiger partial charge in [0, 0.05) is 10.0 Å². The lowest BCUT2D eigenvalue weighted by Crippen LogP contribution is -2.12. The summed E-state index contributed by atoms with van der Waals surface area (Å²) >= 11 is 21.2. The van der Waals surface area contributed by atoms with Gasteiger partial charge in [0.05, 0.1) is 20.8 Å². The van der Waals surface area contributed by atoms with Crippen LogP contribution in [0.3, 0.4) is 0 Å². The number of anilines is 1. The second kappa shape index (κ2) is 6.35. The predicted molar refractivity (Wildman–Crippen MR) is 88.3 cm³/mol. The lowest BCUT2D eigenvalue weighted by Gasteiger charge is -2.09. The van der Waals surface area contributed by atoms with Gasteiger partial charge in [-0.15, -0.1) is 0 Å². The number of aryl methyl sites for hydroxylation is 1. The first-order valence-electron chi connectivity index (χ1n) is 5.60. The Morgan fingerprint density at radius 2 is 1.70 bits per heavy atom. The van der Waals surface area contributed by atoms with Crippen LogP contribution in [0.5, 0.6) is 0 Å². The molecule has 2 rings (SSSR count). The van der Waals surface area contributed by atoms with E-state index in [0.717, 1.165) is 10.0 Å². The van der Waals surface area contributed by atoms with Crippen molar-refractivity contribution in [3.8, 4) is 0 Å². The molecule has 1 N–H and O–H groups in total. The fourth-order valence-corrected chi connectivity index (χ4v) is 2.52. The Balaban J connectivity index is 2.27. The van der Waals surface area contributed by atoms with Gasteiger partial charge in [-0.05, 0) is 36.8 Å². The summed E-state index contributed by atoms with van der Waals surface area (Å²) < 4.78 is 0.866. The number of halogens is 4. The van der Waals surface area contributed by atoms with Crippen molar-refractivity contribution >= 4 is 62.3 Å². The van der Waals surface area contributed by atoms with Gasteiger partial charge >= 0.3 is 0 Å². The molecule has 0 aliphatic rings. The summed E-state index contributed by atoms with van der Waals surface area (Å²) in [5.74, 6) is -0.272. The van der Waals surface area contributed by atoms with Crippen molar-refractivity contribution in [2.24, 2.45) is 0 Å². The molecule has 20 heavy (non-hydrogen) atoms. The van der Waals surface area contributed by atoms with Crippen LogP contribution in [0.4, 0.5) is 5.69 Å². The largest absolute Gasteiger partial charge is 0.321 e. The number of nitrogens with one attached hydrogen (secondary N) is 1. The Labute approximate surface area is 140 Å². The molecule has 2 aromatic carbocycles. The first-order chi connectivity index (χ1) is 9.38. The van der Waals surface area contributed by atoms with Crippen LogP contribution in [-0.4, -0.2) is 5.91 Å². The van der Waals surface area contributed by atoms with E-state index in [1.807, 2.05) is 13.0 Å². The van der Waals surface area contributed by atoms with Crippen molar-refractivity contribution in [3.05, 3.63) is 61.0 Å². The van der Waals surface area contributed by atoms with E-state index >= 15 is 0 Å². The van der Waals surface area contributed by atoms with Crippen molar-refractivity contribution in [3.63, 3.8) is 0 Å². The highest BCUT2D eigenvalue weighted by molar-refractivity contribution is 9.10. The number of rotatable bonds is 2. The van der Waals surface area contributed by atoms with Gasteiger partial charge in [0.1, 0.15) is 0 Å². The topological polar surface area (TPSA) is 29.1 Å². The van der Waals surface area contributed by atoms with Crippen molar-refractivity contribution in [2.75, 3.05) is 5.32 Å². The Kier molecular flexibility index (Phi) is 4.97. The molecule has 0 saturated heterocycles. The van der Waals surface area contributed by atoms with Crippen LogP contribution in [-0.2, 0) is 0 Å². The lowest BCUT2D eigenvalue weighted by atomic mass is 10.1. The normalized spacial score (nSPS) is 10.4. The highest BCUT2D eigenvalue weighted by atomic mass is 79.9. The SMILES string of the molecule is Cc1ccc(C(=O)Nc2cc(Cl)c(Cl)cc2Cl)cc1Br. The van der Waals surface area contributed by atoms with Crippen LogP contribution in [0.25, 0.3) is 0 Å². The lowest BCUT2D eigenvalue weighted by molar-refractivity contribution is 0.102. The second-order valence-corrected chi connectivity index (χ2v) is 6.24. The van der Waals surface area contributed by atoms with Crippen LogP contribution >= 0.6 is 50.7 Å². The fourth-order valence-electron chi connectivity index (χ4n) is 1.55. The minimum absolute atomic E-state index is 0.272. The Morgan fingerprint density at radius 3 is 2.35 bits per heavy atom. The second-order valence-electron chi connectivity index (χ2n) is 4.16. The minimum atomic E-state index is -0.272. The Morgan fingerprint density at radius 1 is 1.05 bits per heavy atom. The van der Waals surface area contributed by atoms with Gasteiger partial charge in [-0.2, -0.15) is 0 Å². The van der Waals surface area contributed by atoms with Crippen molar-refractivity contribution in [1.82, 2.24) is 0 Å². The minimum Gasteiger partial charge on any atom is -0.321 e. The molecule has 104 valence electrons. The number of benzene rings is 2. The van der Waals surface area contributed by atoms with Gasteiger partial charge in [0.25, 0.3) is 5.91 Å². The summed E-state index contributed by atoms with van der Waals surface area (Å²) in [4.78, 5) is 12.2. The summed E-state index contributed by atoms with van der Waals surface area (Å²) in [6.45, 7) is 1.95. The van der Waals surface area contributed by atoms with Crippen LogP contribution in [0.2, 0.25) is 15.1 Å². The van der Waals surface area contributed by atoms with E-state index in [-0.39, 0.29) is 5.91 Å². The van der Waals surface area contributed by atoms with Crippen LogP contribution < -0.4 is 5.32 Å². The maximum atomic E-state index is 12.2.